The number of ether oxygens (including phenoxy) is 3. The van der Waals surface area contributed by atoms with Crippen LogP contribution in [0.15, 0.2) is 72.8 Å². The van der Waals surface area contributed by atoms with E-state index < -0.39 is 23.9 Å². The topological polar surface area (TPSA) is 77.9 Å². The second-order valence-corrected chi connectivity index (χ2v) is 9.59. The van der Waals surface area contributed by atoms with Gasteiger partial charge in [-0.2, -0.15) is 0 Å². The van der Waals surface area contributed by atoms with E-state index in [4.69, 9.17) is 21.1 Å². The number of carboxylic acid groups (broad SMARTS) is 1. The third-order valence-corrected chi connectivity index (χ3v) is 6.71. The van der Waals surface area contributed by atoms with Crippen LogP contribution in [0.5, 0.6) is 5.75 Å². The molecule has 0 unspecified atom stereocenters. The molecule has 206 valence electrons. The molecule has 5 rings (SSSR count). The van der Waals surface area contributed by atoms with Crippen molar-refractivity contribution in [1.29, 1.82) is 0 Å². The number of hydrogen-bond donors (Lipinski definition) is 1. The van der Waals surface area contributed by atoms with Crippen molar-refractivity contribution in [3.63, 3.8) is 0 Å². The fraction of sp³-hybridized carbons (Fsp3) is 0.200. The molecule has 1 N–H and O–H groups in total. The van der Waals surface area contributed by atoms with Crippen LogP contribution in [0.1, 0.15) is 39.2 Å². The highest BCUT2D eigenvalue weighted by Gasteiger charge is 2.39. The first kappa shape index (κ1) is 27.6. The van der Waals surface area contributed by atoms with E-state index in [1.807, 2.05) is 60.7 Å². The Morgan fingerprint density at radius 3 is 2.55 bits per heavy atom. The maximum absolute atomic E-state index is 12.6. The Morgan fingerprint density at radius 1 is 1.02 bits per heavy atom. The Bertz CT molecular complexity index is 1580. The van der Waals surface area contributed by atoms with Crippen molar-refractivity contribution in [2.24, 2.45) is 0 Å². The van der Waals surface area contributed by atoms with E-state index >= 15 is 0 Å². The molecule has 0 saturated carbocycles. The van der Waals surface area contributed by atoms with Crippen LogP contribution in [-0.4, -0.2) is 35.6 Å². The maximum atomic E-state index is 12.6. The molecular weight excluding hydrogens is 547 g/mol. The van der Waals surface area contributed by atoms with E-state index in [1.54, 1.807) is 6.07 Å². The molecule has 0 amide bonds. The van der Waals surface area contributed by atoms with Gasteiger partial charge in [0.2, 0.25) is 0 Å². The van der Waals surface area contributed by atoms with Crippen molar-refractivity contribution in [3.8, 4) is 5.75 Å². The number of carbonyl (C=O) groups is 1. The van der Waals surface area contributed by atoms with Crippen LogP contribution in [0.3, 0.4) is 0 Å². The third-order valence-electron chi connectivity index (χ3n) is 6.47. The minimum absolute atomic E-state index is 0.178. The lowest BCUT2D eigenvalue weighted by atomic mass is 9.94. The Kier molecular flexibility index (Phi) is 7.80. The van der Waals surface area contributed by atoms with Gasteiger partial charge in [0.1, 0.15) is 5.75 Å². The zero-order valence-corrected chi connectivity index (χ0v) is 21.7. The van der Waals surface area contributed by atoms with Crippen molar-refractivity contribution < 1.29 is 37.3 Å². The van der Waals surface area contributed by atoms with Gasteiger partial charge in [0.25, 0.3) is 0 Å². The summed E-state index contributed by atoms with van der Waals surface area (Å²) in [6.07, 6.45) is -0.714. The lowest BCUT2D eigenvalue weighted by molar-refractivity contribution is -0.274. The van der Waals surface area contributed by atoms with E-state index in [2.05, 4.69) is 9.72 Å². The summed E-state index contributed by atoms with van der Waals surface area (Å²) in [4.78, 5) is 16.4. The minimum Gasteiger partial charge on any atom is -0.478 e. The molecule has 3 aromatic carbocycles. The molecule has 10 heteroatoms. The molecule has 1 saturated heterocycles. The monoisotopic (exact) mass is 569 g/mol. The largest absolute Gasteiger partial charge is 0.573 e. The number of aromatic carboxylic acids is 1. The van der Waals surface area contributed by atoms with Crippen LogP contribution in [0, 0.1) is 0 Å². The highest BCUT2D eigenvalue weighted by molar-refractivity contribution is 6.31. The number of alkyl halides is 3. The average Bonchev–Trinajstić information content (AvgIpc) is 3.40. The summed E-state index contributed by atoms with van der Waals surface area (Å²) < 4.78 is 53.8. The van der Waals surface area contributed by atoms with Gasteiger partial charge in [-0.15, -0.1) is 13.2 Å². The zero-order valence-electron chi connectivity index (χ0n) is 21.0. The summed E-state index contributed by atoms with van der Waals surface area (Å²) in [6.45, 7) is 0.682. The number of aromatic nitrogens is 1. The van der Waals surface area contributed by atoms with Gasteiger partial charge >= 0.3 is 12.3 Å². The van der Waals surface area contributed by atoms with Gasteiger partial charge in [-0.05, 0) is 60.0 Å². The van der Waals surface area contributed by atoms with Gasteiger partial charge in [0.05, 0.1) is 30.0 Å². The Labute approximate surface area is 232 Å². The molecule has 6 nitrogen and oxygen atoms in total. The van der Waals surface area contributed by atoms with Crippen LogP contribution in [0.2, 0.25) is 5.02 Å². The maximum Gasteiger partial charge on any atom is 0.573 e. The van der Waals surface area contributed by atoms with Gasteiger partial charge in [-0.3, -0.25) is 0 Å². The number of hydrogen-bond acceptors (Lipinski definition) is 5. The molecule has 2 heterocycles. The number of nitrogens with zero attached hydrogens (tertiary/aromatic N) is 1. The van der Waals surface area contributed by atoms with Gasteiger partial charge in [-0.25, -0.2) is 9.78 Å². The SMILES string of the molecule is O=C(O)c1cc(OC(F)(F)F)ccc1CCC1(c2cccc(/C=C/c3ccc4ccc(Cl)cc4n3)c2)OCCO1. The number of fused-ring (bicyclic) bond motifs is 1. The summed E-state index contributed by atoms with van der Waals surface area (Å²) in [5, 5.41) is 11.2. The van der Waals surface area contributed by atoms with Crippen LogP contribution in [-0.2, 0) is 21.7 Å². The summed E-state index contributed by atoms with van der Waals surface area (Å²) >= 11 is 6.10. The standard InChI is InChI=1S/C30H23ClF3NO5/c31-23-8-5-21-6-10-24(35-27(21)17-23)9-4-19-2-1-3-22(16-19)29(38-14-15-39-29)13-12-20-7-11-25(40-30(32,33)34)18-26(20)28(36)37/h1-11,16-18H,12-15H2,(H,36,37)/b9-4+. The van der Waals surface area contributed by atoms with E-state index in [0.29, 0.717) is 23.8 Å². The Morgan fingerprint density at radius 2 is 1.80 bits per heavy atom. The number of pyridine rings is 1. The molecule has 1 fully saturated rings. The van der Waals surface area contributed by atoms with E-state index in [0.717, 1.165) is 39.9 Å². The van der Waals surface area contributed by atoms with Crippen LogP contribution < -0.4 is 4.74 Å². The first-order valence-corrected chi connectivity index (χ1v) is 12.7. The van der Waals surface area contributed by atoms with Gasteiger partial charge in [-0.1, -0.05) is 54.1 Å². The number of benzene rings is 3. The molecule has 1 aliphatic rings. The summed E-state index contributed by atoms with van der Waals surface area (Å²) in [5.74, 6) is -3.10. The number of carboxylic acids is 1. The Balaban J connectivity index is 1.37. The minimum atomic E-state index is -4.93. The molecule has 4 aromatic rings. The van der Waals surface area contributed by atoms with Crippen LogP contribution >= 0.6 is 11.6 Å². The molecule has 1 aliphatic heterocycles. The van der Waals surface area contributed by atoms with Gasteiger partial charge < -0.3 is 19.3 Å². The van der Waals surface area contributed by atoms with Crippen molar-refractivity contribution in [1.82, 2.24) is 4.98 Å². The smallest absolute Gasteiger partial charge is 0.478 e. The molecule has 1 aromatic heterocycles. The third kappa shape index (κ3) is 6.44. The second-order valence-electron chi connectivity index (χ2n) is 9.15. The van der Waals surface area contributed by atoms with Crippen molar-refractivity contribution in [3.05, 3.63) is 106 Å². The normalized spacial score (nSPS) is 15.1. The number of halogens is 4. The quantitative estimate of drug-likeness (QED) is 0.237. The Hall–Kier alpha value is -3.92. The predicted molar refractivity (Wildman–Crippen MR) is 144 cm³/mol. The lowest BCUT2D eigenvalue weighted by Crippen LogP contribution is -2.28. The van der Waals surface area contributed by atoms with E-state index in [-0.39, 0.29) is 18.4 Å². The van der Waals surface area contributed by atoms with E-state index in [1.165, 1.54) is 6.07 Å². The summed E-state index contributed by atoms with van der Waals surface area (Å²) in [7, 11) is 0. The second kappa shape index (κ2) is 11.3. The lowest BCUT2D eigenvalue weighted by Gasteiger charge is -2.28. The van der Waals surface area contributed by atoms with Gasteiger partial charge in [0, 0.05) is 22.4 Å². The molecule has 0 atom stereocenters. The first-order valence-electron chi connectivity index (χ1n) is 12.4. The summed E-state index contributed by atoms with van der Waals surface area (Å²) in [6, 6.07) is 20.2. The highest BCUT2D eigenvalue weighted by atomic mass is 35.5. The molecule has 0 aliphatic carbocycles. The fourth-order valence-electron chi connectivity index (χ4n) is 4.64. The van der Waals surface area contributed by atoms with Crippen LogP contribution in [0.25, 0.3) is 23.1 Å². The van der Waals surface area contributed by atoms with Crippen molar-refractivity contribution in [2.45, 2.75) is 25.0 Å². The number of rotatable bonds is 8. The van der Waals surface area contributed by atoms with Crippen LogP contribution in [0.4, 0.5) is 13.2 Å². The highest BCUT2D eigenvalue weighted by Crippen LogP contribution is 2.37. The molecular formula is C30H23ClF3NO5. The average molecular weight is 570 g/mol. The number of aryl methyl sites for hydroxylation is 1. The summed E-state index contributed by atoms with van der Waals surface area (Å²) in [5.41, 5.74) is 3.19. The van der Waals surface area contributed by atoms with Crippen molar-refractivity contribution in [2.75, 3.05) is 13.2 Å². The zero-order chi connectivity index (χ0) is 28.3. The predicted octanol–water partition coefficient (Wildman–Crippen LogP) is 7.49. The molecule has 40 heavy (non-hydrogen) atoms. The first-order chi connectivity index (χ1) is 19.1. The fourth-order valence-corrected chi connectivity index (χ4v) is 4.81. The molecule has 0 radical (unpaired) electrons. The van der Waals surface area contributed by atoms with Crippen molar-refractivity contribution >= 4 is 40.6 Å². The van der Waals surface area contributed by atoms with Gasteiger partial charge in [0.15, 0.2) is 5.79 Å². The molecule has 0 bridgehead atoms. The van der Waals surface area contributed by atoms with E-state index in [9.17, 15) is 23.1 Å². The molecule has 0 spiro atoms.